The molecule has 6 heteroatoms. The first-order valence-corrected chi connectivity index (χ1v) is 9.58. The summed E-state index contributed by atoms with van der Waals surface area (Å²) in [5, 5.41) is 0.454. The smallest absolute Gasteiger partial charge is 0.235 e. The van der Waals surface area contributed by atoms with E-state index >= 15 is 0 Å². The highest BCUT2D eigenvalue weighted by Crippen LogP contribution is 2.26. The summed E-state index contributed by atoms with van der Waals surface area (Å²) in [7, 11) is 1.73. The Kier molecular flexibility index (Phi) is 5.96. The SMILES string of the molecule is Cc1cccc(-n2ccnc2S[C@H](C)C(=O)N(C)Cc2cccc(F)c2)c1. The first kappa shape index (κ1) is 19.2. The second-order valence-corrected chi connectivity index (χ2v) is 7.81. The molecule has 0 N–H and O–H groups in total. The van der Waals surface area contributed by atoms with Crippen molar-refractivity contribution in [2.75, 3.05) is 7.05 Å². The molecule has 1 heterocycles. The van der Waals surface area contributed by atoms with Crippen molar-refractivity contribution in [3.05, 3.63) is 77.9 Å². The molecule has 4 nitrogen and oxygen atoms in total. The van der Waals surface area contributed by atoms with Gasteiger partial charge in [-0.15, -0.1) is 0 Å². The number of carbonyl (C=O) groups excluding carboxylic acids is 1. The molecule has 0 saturated carbocycles. The number of imidazole rings is 1. The molecular weight excluding hydrogens is 361 g/mol. The summed E-state index contributed by atoms with van der Waals surface area (Å²) in [4.78, 5) is 18.8. The number of rotatable bonds is 6. The van der Waals surface area contributed by atoms with Gasteiger partial charge in [-0.25, -0.2) is 9.37 Å². The molecule has 0 saturated heterocycles. The Balaban J connectivity index is 1.69. The Labute approximate surface area is 163 Å². The number of benzene rings is 2. The molecule has 0 unspecified atom stereocenters. The van der Waals surface area contributed by atoms with Crippen molar-refractivity contribution in [2.24, 2.45) is 0 Å². The maximum atomic E-state index is 13.3. The third-order valence-electron chi connectivity index (χ3n) is 4.20. The maximum absolute atomic E-state index is 13.3. The van der Waals surface area contributed by atoms with Gasteiger partial charge in [-0.05, 0) is 49.2 Å². The van der Waals surface area contributed by atoms with E-state index < -0.39 is 0 Å². The highest BCUT2D eigenvalue weighted by atomic mass is 32.2. The fraction of sp³-hybridized carbons (Fsp3) is 0.238. The van der Waals surface area contributed by atoms with E-state index in [4.69, 9.17) is 0 Å². The van der Waals surface area contributed by atoms with Gasteiger partial charge in [-0.3, -0.25) is 9.36 Å². The van der Waals surface area contributed by atoms with Crippen LogP contribution in [0.1, 0.15) is 18.1 Å². The molecule has 0 aliphatic carbocycles. The molecule has 1 atom stereocenters. The van der Waals surface area contributed by atoms with E-state index in [1.807, 2.05) is 48.9 Å². The lowest BCUT2D eigenvalue weighted by molar-refractivity contribution is -0.129. The van der Waals surface area contributed by atoms with Crippen LogP contribution in [0.4, 0.5) is 4.39 Å². The predicted molar refractivity (Wildman–Crippen MR) is 106 cm³/mol. The van der Waals surface area contributed by atoms with Crippen LogP contribution in [0.25, 0.3) is 5.69 Å². The van der Waals surface area contributed by atoms with Gasteiger partial charge in [0.15, 0.2) is 5.16 Å². The Morgan fingerprint density at radius 2 is 2.04 bits per heavy atom. The molecule has 3 aromatic rings. The normalized spacial score (nSPS) is 12.0. The fourth-order valence-corrected chi connectivity index (χ4v) is 3.86. The molecule has 0 spiro atoms. The summed E-state index contributed by atoms with van der Waals surface area (Å²) in [6.07, 6.45) is 3.63. The minimum Gasteiger partial charge on any atom is -0.340 e. The van der Waals surface area contributed by atoms with Crippen molar-refractivity contribution >= 4 is 17.7 Å². The van der Waals surface area contributed by atoms with E-state index in [2.05, 4.69) is 11.1 Å². The van der Waals surface area contributed by atoms with Gasteiger partial charge >= 0.3 is 0 Å². The van der Waals surface area contributed by atoms with E-state index in [1.165, 1.54) is 23.9 Å². The number of amides is 1. The number of nitrogens with zero attached hydrogens (tertiary/aromatic N) is 3. The summed E-state index contributed by atoms with van der Waals surface area (Å²) in [5.74, 6) is -0.320. The van der Waals surface area contributed by atoms with Crippen LogP contribution >= 0.6 is 11.8 Å². The molecule has 0 aliphatic rings. The minimum absolute atomic E-state index is 0.0250. The van der Waals surface area contributed by atoms with Crippen molar-refractivity contribution in [3.63, 3.8) is 0 Å². The number of hydrogen-bond acceptors (Lipinski definition) is 3. The van der Waals surface area contributed by atoms with Crippen LogP contribution < -0.4 is 0 Å². The third kappa shape index (κ3) is 4.77. The van der Waals surface area contributed by atoms with Gasteiger partial charge in [-0.2, -0.15) is 0 Å². The van der Waals surface area contributed by atoms with E-state index in [0.717, 1.165) is 22.0 Å². The second-order valence-electron chi connectivity index (χ2n) is 6.50. The maximum Gasteiger partial charge on any atom is 0.235 e. The standard InChI is InChI=1S/C21H22FN3OS/c1-15-6-4-9-19(12-15)25-11-10-23-21(25)27-16(2)20(26)24(3)14-17-7-5-8-18(22)13-17/h4-13,16H,14H2,1-3H3/t16-/m1/s1. The van der Waals surface area contributed by atoms with Gasteiger partial charge in [0.25, 0.3) is 0 Å². The molecule has 0 fully saturated rings. The van der Waals surface area contributed by atoms with Crippen LogP contribution in [0.3, 0.4) is 0 Å². The Bertz CT molecular complexity index is 940. The average molecular weight is 383 g/mol. The second kappa shape index (κ2) is 8.39. The van der Waals surface area contributed by atoms with Crippen molar-refractivity contribution in [1.82, 2.24) is 14.5 Å². The summed E-state index contributed by atoms with van der Waals surface area (Å²) in [6.45, 7) is 4.28. The van der Waals surface area contributed by atoms with Gasteiger partial charge in [0.1, 0.15) is 5.82 Å². The molecule has 27 heavy (non-hydrogen) atoms. The van der Waals surface area contributed by atoms with Crippen LogP contribution in [0.15, 0.2) is 66.1 Å². The van der Waals surface area contributed by atoms with Crippen LogP contribution in [-0.2, 0) is 11.3 Å². The molecule has 1 aromatic heterocycles. The van der Waals surface area contributed by atoms with Gasteiger partial charge in [0, 0.05) is 31.7 Å². The van der Waals surface area contributed by atoms with E-state index in [9.17, 15) is 9.18 Å². The Hall–Kier alpha value is -2.60. The minimum atomic E-state index is -0.311. The van der Waals surface area contributed by atoms with Crippen molar-refractivity contribution in [1.29, 1.82) is 0 Å². The van der Waals surface area contributed by atoms with Crippen LogP contribution in [-0.4, -0.2) is 32.7 Å². The zero-order valence-electron chi connectivity index (χ0n) is 15.6. The van der Waals surface area contributed by atoms with E-state index in [1.54, 1.807) is 24.2 Å². The molecule has 0 radical (unpaired) electrons. The number of thioether (sulfide) groups is 1. The van der Waals surface area contributed by atoms with Gasteiger partial charge < -0.3 is 4.90 Å². The zero-order chi connectivity index (χ0) is 19.4. The van der Waals surface area contributed by atoms with Gasteiger partial charge in [0.2, 0.25) is 5.91 Å². The summed E-state index contributed by atoms with van der Waals surface area (Å²) in [5.41, 5.74) is 2.95. The van der Waals surface area contributed by atoms with Gasteiger partial charge in [0.05, 0.1) is 5.25 Å². The number of aryl methyl sites for hydroxylation is 1. The first-order chi connectivity index (χ1) is 12.9. The molecule has 0 aliphatic heterocycles. The largest absolute Gasteiger partial charge is 0.340 e. The first-order valence-electron chi connectivity index (χ1n) is 8.70. The lowest BCUT2D eigenvalue weighted by atomic mass is 10.2. The topological polar surface area (TPSA) is 38.1 Å². The lowest BCUT2D eigenvalue weighted by Gasteiger charge is -2.21. The van der Waals surface area contributed by atoms with Crippen LogP contribution in [0, 0.1) is 12.7 Å². The van der Waals surface area contributed by atoms with E-state index in [0.29, 0.717) is 6.54 Å². The molecule has 1 amide bonds. The number of hydrogen-bond donors (Lipinski definition) is 0. The third-order valence-corrected chi connectivity index (χ3v) is 5.27. The van der Waals surface area contributed by atoms with Crippen molar-refractivity contribution in [2.45, 2.75) is 30.8 Å². The average Bonchev–Trinajstić information content (AvgIpc) is 3.09. The van der Waals surface area contributed by atoms with Crippen LogP contribution in [0.5, 0.6) is 0 Å². The molecule has 2 aromatic carbocycles. The number of aromatic nitrogens is 2. The number of carbonyl (C=O) groups is 1. The molecular formula is C21H22FN3OS. The molecule has 0 bridgehead atoms. The van der Waals surface area contributed by atoms with Crippen LogP contribution in [0.2, 0.25) is 0 Å². The zero-order valence-corrected chi connectivity index (χ0v) is 16.4. The highest BCUT2D eigenvalue weighted by molar-refractivity contribution is 8.00. The van der Waals surface area contributed by atoms with Crippen molar-refractivity contribution < 1.29 is 9.18 Å². The lowest BCUT2D eigenvalue weighted by Crippen LogP contribution is -2.33. The quantitative estimate of drug-likeness (QED) is 0.590. The van der Waals surface area contributed by atoms with Crippen molar-refractivity contribution in [3.8, 4) is 5.69 Å². The monoisotopic (exact) mass is 383 g/mol. The van der Waals surface area contributed by atoms with Gasteiger partial charge in [-0.1, -0.05) is 36.0 Å². The summed E-state index contributed by atoms with van der Waals surface area (Å²) < 4.78 is 15.3. The predicted octanol–water partition coefficient (Wildman–Crippen LogP) is 4.46. The fourth-order valence-electron chi connectivity index (χ4n) is 2.86. The summed E-state index contributed by atoms with van der Waals surface area (Å²) in [6, 6.07) is 14.5. The Morgan fingerprint density at radius 1 is 1.26 bits per heavy atom. The molecule has 140 valence electrons. The summed E-state index contributed by atoms with van der Waals surface area (Å²) >= 11 is 1.41. The van der Waals surface area contributed by atoms with E-state index in [-0.39, 0.29) is 17.0 Å². The number of halogens is 1. The molecule has 3 rings (SSSR count). The highest BCUT2D eigenvalue weighted by Gasteiger charge is 2.21. The Morgan fingerprint density at radius 3 is 2.78 bits per heavy atom.